The zero-order valence-corrected chi connectivity index (χ0v) is 23.5. The van der Waals surface area contributed by atoms with Crippen LogP contribution in [0, 0.1) is 6.92 Å². The highest BCUT2D eigenvalue weighted by molar-refractivity contribution is 7.18. The number of anilines is 3. The predicted octanol–water partition coefficient (Wildman–Crippen LogP) is 5.97. The maximum Gasteiger partial charge on any atom is 0.325 e. The number of thiophene rings is 1. The standard InChI is InChI=1S/C30H31N5O4S/c1-18-6-5-7-22(14-18)35-29(38)34-21-11-8-19(9-12-21)23-17-40-27-20(15-33-28(31)26(23)27)10-13-24(36)32-16-25(37)39-30(2,3)4/h5-15,17H,16H2,1-4H3,(H2,31,33)(H,32,36)(H2,34,35,38)/b13-10+. The number of ether oxygens (including phenoxy) is 1. The van der Waals surface area contributed by atoms with Crippen LogP contribution in [0.2, 0.25) is 0 Å². The fourth-order valence-corrected chi connectivity index (χ4v) is 5.01. The molecule has 0 spiro atoms. The van der Waals surface area contributed by atoms with Crippen molar-refractivity contribution >= 4 is 62.6 Å². The van der Waals surface area contributed by atoms with Gasteiger partial charge in [0.25, 0.3) is 0 Å². The molecule has 0 aliphatic carbocycles. The van der Waals surface area contributed by atoms with Crippen LogP contribution in [0.15, 0.2) is 66.2 Å². The van der Waals surface area contributed by atoms with Gasteiger partial charge in [0.05, 0.1) is 0 Å². The molecule has 0 radical (unpaired) electrons. The molecule has 4 rings (SSSR count). The van der Waals surface area contributed by atoms with Crippen molar-refractivity contribution in [3.63, 3.8) is 0 Å². The molecular weight excluding hydrogens is 526 g/mol. The first kappa shape index (κ1) is 28.3. The van der Waals surface area contributed by atoms with Crippen LogP contribution >= 0.6 is 11.3 Å². The summed E-state index contributed by atoms with van der Waals surface area (Å²) in [6.07, 6.45) is 4.59. The molecule has 0 saturated carbocycles. The van der Waals surface area contributed by atoms with Crippen LogP contribution in [0.25, 0.3) is 27.3 Å². The first-order valence-electron chi connectivity index (χ1n) is 12.6. The van der Waals surface area contributed by atoms with Crippen molar-refractivity contribution in [2.45, 2.75) is 33.3 Å². The molecular formula is C30H31N5O4S. The van der Waals surface area contributed by atoms with E-state index in [1.807, 2.05) is 60.8 Å². The average Bonchev–Trinajstić information content (AvgIpc) is 3.33. The minimum atomic E-state index is -0.622. The number of nitrogen functional groups attached to an aromatic ring is 1. The summed E-state index contributed by atoms with van der Waals surface area (Å²) in [6, 6.07) is 14.7. The van der Waals surface area contributed by atoms with E-state index in [2.05, 4.69) is 20.9 Å². The van der Waals surface area contributed by atoms with E-state index in [1.165, 1.54) is 17.4 Å². The van der Waals surface area contributed by atoms with Gasteiger partial charge in [0, 0.05) is 44.9 Å². The third kappa shape index (κ3) is 7.45. The van der Waals surface area contributed by atoms with Crippen LogP contribution in [0.3, 0.4) is 0 Å². The number of esters is 1. The van der Waals surface area contributed by atoms with Crippen molar-refractivity contribution < 1.29 is 19.1 Å². The van der Waals surface area contributed by atoms with E-state index in [1.54, 1.807) is 33.0 Å². The van der Waals surface area contributed by atoms with Crippen LogP contribution in [0.4, 0.5) is 22.0 Å². The molecule has 0 atom stereocenters. The number of hydrogen-bond acceptors (Lipinski definition) is 7. The van der Waals surface area contributed by atoms with Crippen molar-refractivity contribution in [1.29, 1.82) is 0 Å². The lowest BCUT2D eigenvalue weighted by molar-refractivity contribution is -0.154. The lowest BCUT2D eigenvalue weighted by Gasteiger charge is -2.19. The normalized spacial score (nSPS) is 11.4. The van der Waals surface area contributed by atoms with Crippen molar-refractivity contribution in [2.24, 2.45) is 0 Å². The maximum atomic E-state index is 12.4. The highest BCUT2D eigenvalue weighted by atomic mass is 32.1. The van der Waals surface area contributed by atoms with Crippen LogP contribution in [0.1, 0.15) is 31.9 Å². The number of carbonyl (C=O) groups is 3. The molecule has 0 aliphatic heterocycles. The van der Waals surface area contributed by atoms with Crippen molar-refractivity contribution in [2.75, 3.05) is 22.9 Å². The minimum Gasteiger partial charge on any atom is -0.459 e. The molecule has 5 N–H and O–H groups in total. The summed E-state index contributed by atoms with van der Waals surface area (Å²) < 4.78 is 6.07. The lowest BCUT2D eigenvalue weighted by Crippen LogP contribution is -2.33. The molecule has 40 heavy (non-hydrogen) atoms. The Bertz CT molecular complexity index is 1590. The van der Waals surface area contributed by atoms with Gasteiger partial charge in [-0.25, -0.2) is 9.78 Å². The van der Waals surface area contributed by atoms with Crippen molar-refractivity contribution in [3.8, 4) is 11.1 Å². The molecule has 0 bridgehead atoms. The number of carbonyl (C=O) groups excluding carboxylic acids is 3. The number of aromatic nitrogens is 1. The molecule has 0 saturated heterocycles. The fourth-order valence-electron chi connectivity index (χ4n) is 3.93. The number of fused-ring (bicyclic) bond motifs is 1. The molecule has 0 aliphatic rings. The number of nitrogens with two attached hydrogens (primary N) is 1. The highest BCUT2D eigenvalue weighted by Gasteiger charge is 2.17. The Morgan fingerprint density at radius 2 is 1.77 bits per heavy atom. The Labute approximate surface area is 236 Å². The van der Waals surface area contributed by atoms with Gasteiger partial charge >= 0.3 is 12.0 Å². The van der Waals surface area contributed by atoms with Crippen LogP contribution in [0.5, 0.6) is 0 Å². The number of urea groups is 1. The zero-order chi connectivity index (χ0) is 28.9. The van der Waals surface area contributed by atoms with E-state index in [0.29, 0.717) is 17.2 Å². The summed E-state index contributed by atoms with van der Waals surface area (Å²) in [4.78, 5) is 40.8. The Balaban J connectivity index is 1.45. The molecule has 10 heteroatoms. The number of amides is 3. The third-order valence-electron chi connectivity index (χ3n) is 5.62. The van der Waals surface area contributed by atoms with Gasteiger partial charge < -0.3 is 26.4 Å². The van der Waals surface area contributed by atoms with E-state index in [-0.39, 0.29) is 12.6 Å². The summed E-state index contributed by atoms with van der Waals surface area (Å²) in [5, 5.41) is 10.9. The van der Waals surface area contributed by atoms with Gasteiger partial charge in [0.15, 0.2) is 0 Å². The Morgan fingerprint density at radius 1 is 1.05 bits per heavy atom. The Morgan fingerprint density at radius 3 is 2.48 bits per heavy atom. The van der Waals surface area contributed by atoms with Gasteiger partial charge in [0.2, 0.25) is 5.91 Å². The van der Waals surface area contributed by atoms with E-state index in [9.17, 15) is 14.4 Å². The molecule has 2 heterocycles. The second-order valence-electron chi connectivity index (χ2n) is 10.1. The number of nitrogens with one attached hydrogen (secondary N) is 3. The summed E-state index contributed by atoms with van der Waals surface area (Å²) in [6.45, 7) is 7.02. The molecule has 2 aromatic heterocycles. The van der Waals surface area contributed by atoms with Gasteiger partial charge in [0.1, 0.15) is 18.0 Å². The van der Waals surface area contributed by atoms with Crippen molar-refractivity contribution in [1.82, 2.24) is 10.3 Å². The lowest BCUT2D eigenvalue weighted by atomic mass is 10.0. The van der Waals surface area contributed by atoms with Gasteiger partial charge in [-0.1, -0.05) is 24.3 Å². The molecule has 0 fully saturated rings. The summed E-state index contributed by atoms with van der Waals surface area (Å²) in [5.74, 6) is -0.568. The van der Waals surface area contributed by atoms with Crippen LogP contribution < -0.4 is 21.7 Å². The first-order chi connectivity index (χ1) is 19.0. The topological polar surface area (TPSA) is 135 Å². The van der Waals surface area contributed by atoms with Gasteiger partial charge in [-0.2, -0.15) is 0 Å². The molecule has 9 nitrogen and oxygen atoms in total. The predicted molar refractivity (Wildman–Crippen MR) is 161 cm³/mol. The number of pyridine rings is 1. The number of nitrogens with zero attached hydrogens (tertiary/aromatic N) is 1. The van der Waals surface area contributed by atoms with Crippen LogP contribution in [-0.2, 0) is 14.3 Å². The Hall–Kier alpha value is -4.70. The second-order valence-corrected chi connectivity index (χ2v) is 11.0. The monoisotopic (exact) mass is 557 g/mol. The third-order valence-corrected chi connectivity index (χ3v) is 6.65. The summed E-state index contributed by atoms with van der Waals surface area (Å²) in [5.41, 5.74) is 10.6. The maximum absolute atomic E-state index is 12.4. The SMILES string of the molecule is Cc1cccc(NC(=O)Nc2ccc(-c3csc4c(/C=C/C(=O)NCC(=O)OC(C)(C)C)cnc(N)c34)cc2)c1. The fraction of sp³-hybridized carbons (Fsp3) is 0.200. The van der Waals surface area contributed by atoms with Gasteiger partial charge in [-0.05, 0) is 74.5 Å². The first-order valence-corrected chi connectivity index (χ1v) is 13.4. The number of aryl methyl sites for hydroxylation is 1. The van der Waals surface area contributed by atoms with E-state index < -0.39 is 17.5 Å². The number of benzene rings is 2. The summed E-state index contributed by atoms with van der Waals surface area (Å²) >= 11 is 1.49. The van der Waals surface area contributed by atoms with E-state index >= 15 is 0 Å². The minimum absolute atomic E-state index is 0.225. The molecule has 0 unspecified atom stereocenters. The number of rotatable bonds is 7. The van der Waals surface area contributed by atoms with Crippen molar-refractivity contribution in [3.05, 3.63) is 77.3 Å². The highest BCUT2D eigenvalue weighted by Crippen LogP contribution is 2.39. The smallest absolute Gasteiger partial charge is 0.325 e. The molecule has 4 aromatic rings. The average molecular weight is 558 g/mol. The van der Waals surface area contributed by atoms with E-state index in [0.717, 1.165) is 32.3 Å². The van der Waals surface area contributed by atoms with E-state index in [4.69, 9.17) is 10.5 Å². The summed E-state index contributed by atoms with van der Waals surface area (Å²) in [7, 11) is 0. The van der Waals surface area contributed by atoms with Gasteiger partial charge in [-0.3, -0.25) is 9.59 Å². The van der Waals surface area contributed by atoms with Crippen LogP contribution in [-0.4, -0.2) is 35.0 Å². The Kier molecular flexibility index (Phi) is 8.49. The zero-order valence-electron chi connectivity index (χ0n) is 22.7. The molecule has 3 amide bonds. The van der Waals surface area contributed by atoms with Gasteiger partial charge in [-0.15, -0.1) is 11.3 Å². The largest absolute Gasteiger partial charge is 0.459 e. The molecule has 2 aromatic carbocycles. The number of hydrogen-bond donors (Lipinski definition) is 4. The second kappa shape index (κ2) is 12.0. The molecule has 206 valence electrons. The quantitative estimate of drug-likeness (QED) is 0.163.